The number of carbonyl (C=O) groups is 2. The van der Waals surface area contributed by atoms with Gasteiger partial charge in [0.2, 0.25) is 16.9 Å². The highest BCUT2D eigenvalue weighted by Gasteiger charge is 2.10. The lowest BCUT2D eigenvalue weighted by Crippen LogP contribution is -2.33. The minimum atomic E-state index is -0.357. The van der Waals surface area contributed by atoms with Crippen LogP contribution < -0.4 is 11.1 Å². The highest BCUT2D eigenvalue weighted by molar-refractivity contribution is 8.01. The van der Waals surface area contributed by atoms with Crippen LogP contribution in [0.1, 0.15) is 5.56 Å². The lowest BCUT2D eigenvalue weighted by molar-refractivity contribution is -0.128. The van der Waals surface area contributed by atoms with Crippen LogP contribution in [-0.2, 0) is 16.0 Å². The molecule has 0 spiro atoms. The maximum atomic E-state index is 11.7. The summed E-state index contributed by atoms with van der Waals surface area (Å²) in [6, 6.07) is 9.24. The molecule has 2 rings (SSSR count). The molecule has 0 fully saturated rings. The Morgan fingerprint density at radius 1 is 1.20 bits per heavy atom. The van der Waals surface area contributed by atoms with Crippen molar-refractivity contribution in [2.45, 2.75) is 10.8 Å². The molecule has 20 heavy (non-hydrogen) atoms. The molecule has 1 aromatic carbocycles. The average molecular weight is 308 g/mol. The molecule has 0 unspecified atom stereocenters. The number of amides is 2. The van der Waals surface area contributed by atoms with Crippen LogP contribution in [0.2, 0.25) is 0 Å². The first-order chi connectivity index (χ1) is 9.63. The smallest absolute Gasteiger partial charge is 0.237 e. The number of rotatable bonds is 5. The second kappa shape index (κ2) is 7.01. The van der Waals surface area contributed by atoms with Gasteiger partial charge in [0.05, 0.1) is 12.2 Å². The van der Waals surface area contributed by atoms with E-state index in [0.29, 0.717) is 9.47 Å². The zero-order chi connectivity index (χ0) is 14.4. The maximum Gasteiger partial charge on any atom is 0.237 e. The molecule has 1 heterocycles. The quantitative estimate of drug-likeness (QED) is 0.803. The molecule has 104 valence electrons. The molecule has 3 N–H and O–H groups in total. The molecule has 0 saturated carbocycles. The zero-order valence-corrected chi connectivity index (χ0v) is 12.0. The molecule has 0 radical (unpaired) electrons. The molecule has 0 aliphatic heterocycles. The number of nitrogens with two attached hydrogens (primary N) is 1. The van der Waals surface area contributed by atoms with Crippen molar-refractivity contribution in [1.29, 1.82) is 0 Å². The van der Waals surface area contributed by atoms with E-state index in [4.69, 9.17) is 5.73 Å². The van der Waals surface area contributed by atoms with E-state index < -0.39 is 0 Å². The Morgan fingerprint density at radius 2 is 1.95 bits per heavy atom. The summed E-state index contributed by atoms with van der Waals surface area (Å²) in [5.74, 6) is -0.571. The molecule has 0 atom stereocenters. The van der Waals surface area contributed by atoms with Gasteiger partial charge in [-0.1, -0.05) is 53.4 Å². The van der Waals surface area contributed by atoms with Gasteiger partial charge in [-0.15, -0.1) is 10.2 Å². The van der Waals surface area contributed by atoms with E-state index in [1.54, 1.807) is 0 Å². The first-order valence-corrected chi connectivity index (χ1v) is 7.52. The maximum absolute atomic E-state index is 11.7. The number of hydrogen-bond acceptors (Lipinski definition) is 7. The fourth-order valence-electron chi connectivity index (χ4n) is 1.42. The lowest BCUT2D eigenvalue weighted by atomic mass is 10.1. The highest BCUT2D eigenvalue weighted by Crippen LogP contribution is 2.22. The van der Waals surface area contributed by atoms with Gasteiger partial charge in [-0.3, -0.25) is 14.9 Å². The fourth-order valence-corrected chi connectivity index (χ4v) is 2.86. The Balaban J connectivity index is 1.75. The second-order valence-electron chi connectivity index (χ2n) is 3.83. The number of aromatic nitrogens is 2. The summed E-state index contributed by atoms with van der Waals surface area (Å²) in [6.07, 6.45) is 0.184. The van der Waals surface area contributed by atoms with E-state index in [2.05, 4.69) is 15.5 Å². The van der Waals surface area contributed by atoms with Gasteiger partial charge in [0.1, 0.15) is 0 Å². The standard InChI is InChI=1S/C12H12N4O2S2/c13-11-15-16-12(20-11)19-7-10(18)14-9(17)6-8-4-2-1-3-5-8/h1-5H,6-7H2,(H2,13,15)(H,14,17,18). The van der Waals surface area contributed by atoms with Gasteiger partial charge in [-0.05, 0) is 5.56 Å². The molecular formula is C12H12N4O2S2. The van der Waals surface area contributed by atoms with E-state index >= 15 is 0 Å². The Labute approximate surface area is 123 Å². The molecule has 8 heteroatoms. The van der Waals surface area contributed by atoms with Gasteiger partial charge in [-0.2, -0.15) is 0 Å². The van der Waals surface area contributed by atoms with Crippen LogP contribution >= 0.6 is 23.1 Å². The summed E-state index contributed by atoms with van der Waals surface area (Å²) in [5, 5.41) is 10.1. The van der Waals surface area contributed by atoms with Crippen molar-refractivity contribution in [2.75, 3.05) is 11.5 Å². The Bertz CT molecular complexity index is 601. The molecule has 1 aromatic heterocycles. The molecule has 0 saturated heterocycles. The fraction of sp³-hybridized carbons (Fsp3) is 0.167. The predicted molar refractivity (Wildman–Crippen MR) is 78.3 cm³/mol. The summed E-state index contributed by atoms with van der Waals surface area (Å²) in [4.78, 5) is 23.2. The van der Waals surface area contributed by atoms with Crippen molar-refractivity contribution >= 4 is 40.0 Å². The third-order valence-corrected chi connectivity index (χ3v) is 4.12. The summed E-state index contributed by atoms with van der Waals surface area (Å²) in [6.45, 7) is 0. The number of nitrogens with zero attached hydrogens (tertiary/aromatic N) is 2. The van der Waals surface area contributed by atoms with Crippen molar-refractivity contribution in [1.82, 2.24) is 15.5 Å². The van der Waals surface area contributed by atoms with Gasteiger partial charge >= 0.3 is 0 Å². The number of imide groups is 1. The largest absolute Gasteiger partial charge is 0.374 e. The van der Waals surface area contributed by atoms with Crippen LogP contribution in [0.4, 0.5) is 5.13 Å². The summed E-state index contributed by atoms with van der Waals surface area (Å²) < 4.78 is 0.605. The number of thioether (sulfide) groups is 1. The molecule has 2 amide bonds. The number of carbonyl (C=O) groups excluding carboxylic acids is 2. The highest BCUT2D eigenvalue weighted by atomic mass is 32.2. The van der Waals surface area contributed by atoms with Crippen molar-refractivity contribution in [2.24, 2.45) is 0 Å². The molecule has 0 aliphatic carbocycles. The van der Waals surface area contributed by atoms with E-state index in [-0.39, 0.29) is 24.0 Å². The number of hydrogen-bond donors (Lipinski definition) is 2. The third-order valence-electron chi connectivity index (χ3n) is 2.24. The van der Waals surface area contributed by atoms with Crippen LogP contribution in [0.5, 0.6) is 0 Å². The third kappa shape index (κ3) is 4.63. The number of benzene rings is 1. The van der Waals surface area contributed by atoms with Crippen molar-refractivity contribution in [3.63, 3.8) is 0 Å². The van der Waals surface area contributed by atoms with Crippen molar-refractivity contribution < 1.29 is 9.59 Å². The SMILES string of the molecule is Nc1nnc(SCC(=O)NC(=O)Cc2ccccc2)s1. The van der Waals surface area contributed by atoms with Gasteiger partial charge < -0.3 is 5.73 Å². The number of nitrogens with one attached hydrogen (secondary N) is 1. The monoisotopic (exact) mass is 308 g/mol. The summed E-state index contributed by atoms with van der Waals surface area (Å²) >= 11 is 2.40. The van der Waals surface area contributed by atoms with E-state index in [0.717, 1.165) is 5.56 Å². The average Bonchev–Trinajstić information content (AvgIpc) is 2.83. The van der Waals surface area contributed by atoms with E-state index in [9.17, 15) is 9.59 Å². The molecule has 0 aliphatic rings. The first-order valence-electron chi connectivity index (χ1n) is 5.72. The van der Waals surface area contributed by atoms with Crippen LogP contribution in [0.25, 0.3) is 0 Å². The van der Waals surface area contributed by atoms with Gasteiger partial charge in [0.15, 0.2) is 4.34 Å². The number of anilines is 1. The van der Waals surface area contributed by atoms with Crippen LogP contribution in [0, 0.1) is 0 Å². The predicted octanol–water partition coefficient (Wildman–Crippen LogP) is 1.10. The number of nitrogen functional groups attached to an aromatic ring is 1. The van der Waals surface area contributed by atoms with Gasteiger partial charge in [0, 0.05) is 0 Å². The Morgan fingerprint density at radius 3 is 2.60 bits per heavy atom. The van der Waals surface area contributed by atoms with Crippen molar-refractivity contribution in [3.8, 4) is 0 Å². The van der Waals surface area contributed by atoms with Gasteiger partial charge in [0.25, 0.3) is 0 Å². The second-order valence-corrected chi connectivity index (χ2v) is 6.06. The molecule has 6 nitrogen and oxygen atoms in total. The zero-order valence-electron chi connectivity index (χ0n) is 10.4. The van der Waals surface area contributed by atoms with Crippen molar-refractivity contribution in [3.05, 3.63) is 35.9 Å². The van der Waals surface area contributed by atoms with Gasteiger partial charge in [-0.25, -0.2) is 0 Å². The van der Waals surface area contributed by atoms with E-state index in [1.165, 1.54) is 23.1 Å². The minimum Gasteiger partial charge on any atom is -0.374 e. The van der Waals surface area contributed by atoms with Crippen LogP contribution in [0.3, 0.4) is 0 Å². The minimum absolute atomic E-state index is 0.106. The first kappa shape index (κ1) is 14.5. The van der Waals surface area contributed by atoms with Crippen LogP contribution in [-0.4, -0.2) is 27.8 Å². The van der Waals surface area contributed by atoms with Crippen LogP contribution in [0.15, 0.2) is 34.7 Å². The molecule has 2 aromatic rings. The molecule has 0 bridgehead atoms. The normalized spacial score (nSPS) is 10.2. The topological polar surface area (TPSA) is 98.0 Å². The Hall–Kier alpha value is -1.93. The summed E-state index contributed by atoms with van der Waals surface area (Å²) in [7, 11) is 0. The van der Waals surface area contributed by atoms with E-state index in [1.807, 2.05) is 30.3 Å². The lowest BCUT2D eigenvalue weighted by Gasteiger charge is -2.03. The Kier molecular flexibility index (Phi) is 5.08. The summed E-state index contributed by atoms with van der Waals surface area (Å²) in [5.41, 5.74) is 6.29. The molecular weight excluding hydrogens is 296 g/mol.